The summed E-state index contributed by atoms with van der Waals surface area (Å²) in [6.45, 7) is 17.8. The van der Waals surface area contributed by atoms with Crippen molar-refractivity contribution in [1.82, 2.24) is 4.90 Å². The van der Waals surface area contributed by atoms with Crippen molar-refractivity contribution in [2.75, 3.05) is 6.54 Å². The first-order chi connectivity index (χ1) is 8.31. The summed E-state index contributed by atoms with van der Waals surface area (Å²) in [5, 5.41) is 0. The molecule has 0 saturated carbocycles. The van der Waals surface area contributed by atoms with Gasteiger partial charge in [0.25, 0.3) is 0 Å². The SMILES string of the molecule is CCCCCCCN(C(C)(C)CC)C(C)(C)CC. The van der Waals surface area contributed by atoms with E-state index >= 15 is 0 Å². The Balaban J connectivity index is 4.41. The number of hydrogen-bond acceptors (Lipinski definition) is 1. The Kier molecular flexibility index (Phi) is 8.18. The van der Waals surface area contributed by atoms with Crippen LogP contribution in [0.15, 0.2) is 0 Å². The van der Waals surface area contributed by atoms with Gasteiger partial charge in [-0.2, -0.15) is 0 Å². The fourth-order valence-corrected chi connectivity index (χ4v) is 2.68. The van der Waals surface area contributed by atoms with Gasteiger partial charge in [0.2, 0.25) is 0 Å². The van der Waals surface area contributed by atoms with E-state index < -0.39 is 0 Å². The summed E-state index contributed by atoms with van der Waals surface area (Å²) in [6, 6.07) is 0. The molecule has 0 radical (unpaired) electrons. The summed E-state index contributed by atoms with van der Waals surface area (Å²) in [5.74, 6) is 0. The fraction of sp³-hybridized carbons (Fsp3) is 1.00. The van der Waals surface area contributed by atoms with Gasteiger partial charge in [0, 0.05) is 11.1 Å². The van der Waals surface area contributed by atoms with E-state index in [-0.39, 0.29) is 0 Å². The Morgan fingerprint density at radius 3 is 1.50 bits per heavy atom. The first-order valence-corrected chi connectivity index (χ1v) is 8.09. The molecule has 18 heavy (non-hydrogen) atoms. The summed E-state index contributed by atoms with van der Waals surface area (Å²) >= 11 is 0. The van der Waals surface area contributed by atoms with Crippen molar-refractivity contribution in [1.29, 1.82) is 0 Å². The molecule has 0 aliphatic rings. The Morgan fingerprint density at radius 1 is 0.667 bits per heavy atom. The average Bonchev–Trinajstić information content (AvgIpc) is 2.33. The van der Waals surface area contributed by atoms with Gasteiger partial charge in [0.15, 0.2) is 0 Å². The van der Waals surface area contributed by atoms with Crippen LogP contribution in [0.5, 0.6) is 0 Å². The maximum absolute atomic E-state index is 2.74. The van der Waals surface area contributed by atoms with Gasteiger partial charge in [-0.05, 0) is 53.5 Å². The van der Waals surface area contributed by atoms with E-state index in [9.17, 15) is 0 Å². The van der Waals surface area contributed by atoms with Crippen molar-refractivity contribution in [2.45, 2.75) is 104 Å². The van der Waals surface area contributed by atoms with E-state index in [2.05, 4.69) is 53.4 Å². The van der Waals surface area contributed by atoms with Crippen LogP contribution >= 0.6 is 0 Å². The van der Waals surface area contributed by atoms with Gasteiger partial charge in [-0.25, -0.2) is 0 Å². The van der Waals surface area contributed by atoms with Crippen molar-refractivity contribution in [3.05, 3.63) is 0 Å². The minimum absolute atomic E-state index is 0.324. The highest BCUT2D eigenvalue weighted by molar-refractivity contribution is 4.90. The first-order valence-electron chi connectivity index (χ1n) is 8.09. The van der Waals surface area contributed by atoms with Crippen LogP contribution in [0.25, 0.3) is 0 Å². The number of unbranched alkanes of at least 4 members (excludes halogenated alkanes) is 4. The quantitative estimate of drug-likeness (QED) is 0.457. The Hall–Kier alpha value is -0.0400. The van der Waals surface area contributed by atoms with Gasteiger partial charge in [0.1, 0.15) is 0 Å². The van der Waals surface area contributed by atoms with E-state index in [0.29, 0.717) is 11.1 Å². The van der Waals surface area contributed by atoms with Crippen LogP contribution in [0, 0.1) is 0 Å². The molecular weight excluding hydrogens is 218 g/mol. The molecule has 0 aromatic carbocycles. The van der Waals surface area contributed by atoms with Crippen LogP contribution in [0.2, 0.25) is 0 Å². The lowest BCUT2D eigenvalue weighted by Gasteiger charge is -2.48. The molecule has 0 fully saturated rings. The van der Waals surface area contributed by atoms with Crippen LogP contribution in [0.4, 0.5) is 0 Å². The predicted molar refractivity (Wildman–Crippen MR) is 84.2 cm³/mol. The van der Waals surface area contributed by atoms with Crippen molar-refractivity contribution >= 4 is 0 Å². The normalized spacial score (nSPS) is 13.3. The lowest BCUT2D eigenvalue weighted by Crippen LogP contribution is -2.55. The predicted octanol–water partition coefficient (Wildman–Crippen LogP) is 5.64. The molecule has 0 aliphatic heterocycles. The molecular formula is C17H37N. The lowest BCUT2D eigenvalue weighted by molar-refractivity contribution is 0.00963. The Bertz CT molecular complexity index is 190. The molecule has 0 amide bonds. The van der Waals surface area contributed by atoms with Crippen LogP contribution < -0.4 is 0 Å². The van der Waals surface area contributed by atoms with Gasteiger partial charge in [-0.3, -0.25) is 4.90 Å². The van der Waals surface area contributed by atoms with Crippen molar-refractivity contribution in [3.63, 3.8) is 0 Å². The molecule has 0 bridgehead atoms. The number of rotatable bonds is 10. The molecule has 0 aliphatic carbocycles. The summed E-state index contributed by atoms with van der Waals surface area (Å²) in [4.78, 5) is 2.74. The van der Waals surface area contributed by atoms with Gasteiger partial charge in [0.05, 0.1) is 0 Å². The molecule has 0 aromatic rings. The Morgan fingerprint density at radius 2 is 1.11 bits per heavy atom. The molecule has 0 spiro atoms. The molecule has 0 rings (SSSR count). The van der Waals surface area contributed by atoms with Crippen molar-refractivity contribution < 1.29 is 0 Å². The number of nitrogens with zero attached hydrogens (tertiary/aromatic N) is 1. The minimum Gasteiger partial charge on any atom is -0.293 e. The molecule has 1 heteroatoms. The van der Waals surface area contributed by atoms with E-state index in [4.69, 9.17) is 0 Å². The molecule has 1 nitrogen and oxygen atoms in total. The fourth-order valence-electron chi connectivity index (χ4n) is 2.68. The zero-order valence-corrected chi connectivity index (χ0v) is 14.1. The van der Waals surface area contributed by atoms with E-state index in [1.165, 1.54) is 51.5 Å². The summed E-state index contributed by atoms with van der Waals surface area (Å²) < 4.78 is 0. The maximum atomic E-state index is 2.74. The monoisotopic (exact) mass is 255 g/mol. The smallest absolute Gasteiger partial charge is 0.0155 e. The molecule has 0 heterocycles. The van der Waals surface area contributed by atoms with Crippen molar-refractivity contribution in [2.24, 2.45) is 0 Å². The highest BCUT2D eigenvalue weighted by atomic mass is 15.2. The topological polar surface area (TPSA) is 3.24 Å². The van der Waals surface area contributed by atoms with Gasteiger partial charge < -0.3 is 0 Å². The largest absolute Gasteiger partial charge is 0.293 e. The van der Waals surface area contributed by atoms with E-state index in [0.717, 1.165) is 0 Å². The van der Waals surface area contributed by atoms with Gasteiger partial charge in [-0.1, -0.05) is 46.5 Å². The molecule has 0 aromatic heterocycles. The van der Waals surface area contributed by atoms with E-state index in [1.807, 2.05) is 0 Å². The van der Waals surface area contributed by atoms with Gasteiger partial charge in [-0.15, -0.1) is 0 Å². The van der Waals surface area contributed by atoms with Crippen LogP contribution in [0.3, 0.4) is 0 Å². The lowest BCUT2D eigenvalue weighted by atomic mass is 9.89. The third-order valence-corrected chi connectivity index (χ3v) is 4.68. The summed E-state index contributed by atoms with van der Waals surface area (Å²) in [6.07, 6.45) is 9.34. The maximum Gasteiger partial charge on any atom is 0.0155 e. The zero-order valence-electron chi connectivity index (χ0n) is 14.1. The first kappa shape index (κ1) is 18.0. The summed E-state index contributed by atoms with van der Waals surface area (Å²) in [7, 11) is 0. The van der Waals surface area contributed by atoms with Crippen molar-refractivity contribution in [3.8, 4) is 0 Å². The molecule has 0 atom stereocenters. The molecule has 0 saturated heterocycles. The molecule has 110 valence electrons. The number of hydrogen-bond donors (Lipinski definition) is 0. The third-order valence-electron chi connectivity index (χ3n) is 4.68. The van der Waals surface area contributed by atoms with Crippen LogP contribution in [-0.2, 0) is 0 Å². The second-order valence-corrected chi connectivity index (χ2v) is 6.90. The van der Waals surface area contributed by atoms with E-state index in [1.54, 1.807) is 0 Å². The zero-order chi connectivity index (χ0) is 14.2. The average molecular weight is 255 g/mol. The highest BCUT2D eigenvalue weighted by Crippen LogP contribution is 2.30. The second kappa shape index (κ2) is 8.19. The molecule has 0 N–H and O–H groups in total. The van der Waals surface area contributed by atoms with Crippen LogP contribution in [0.1, 0.15) is 93.4 Å². The molecule has 0 unspecified atom stereocenters. The second-order valence-electron chi connectivity index (χ2n) is 6.90. The standard InChI is InChI=1S/C17H37N/c1-8-11-12-13-14-15-18(16(4,5)9-2)17(6,7)10-3/h8-15H2,1-7H3. The minimum atomic E-state index is 0.324. The third kappa shape index (κ3) is 5.73. The van der Waals surface area contributed by atoms with Crippen LogP contribution in [-0.4, -0.2) is 22.5 Å². The Labute approximate surface area is 116 Å². The van der Waals surface area contributed by atoms with Gasteiger partial charge >= 0.3 is 0 Å². The summed E-state index contributed by atoms with van der Waals surface area (Å²) in [5.41, 5.74) is 0.647. The highest BCUT2D eigenvalue weighted by Gasteiger charge is 2.34.